The lowest BCUT2D eigenvalue weighted by atomic mass is 10.2. The molecule has 1 aromatic rings. The summed E-state index contributed by atoms with van der Waals surface area (Å²) in [4.78, 5) is 0. The molecule has 0 amide bonds. The molecule has 1 N–H and O–H groups in total. The van der Waals surface area contributed by atoms with Crippen LogP contribution >= 0.6 is 12.4 Å². The van der Waals surface area contributed by atoms with Gasteiger partial charge in [0, 0.05) is 32.9 Å². The molecule has 0 aliphatic carbocycles. The van der Waals surface area contributed by atoms with Gasteiger partial charge in [0.05, 0.1) is 11.8 Å². The van der Waals surface area contributed by atoms with E-state index in [1.807, 2.05) is 24.0 Å². The zero-order chi connectivity index (χ0) is 9.80. The van der Waals surface area contributed by atoms with Gasteiger partial charge in [-0.1, -0.05) is 0 Å². The molecular formula is C10H18ClN3O. The van der Waals surface area contributed by atoms with Crippen LogP contribution in [-0.4, -0.2) is 29.0 Å². The minimum atomic E-state index is 0. The number of hydrogen-bond acceptors (Lipinski definition) is 3. The van der Waals surface area contributed by atoms with E-state index >= 15 is 0 Å². The Balaban J connectivity index is 0.00000112. The number of nitrogens with zero attached hydrogens (tertiary/aromatic N) is 2. The molecule has 15 heavy (non-hydrogen) atoms. The first-order valence-corrected chi connectivity index (χ1v) is 5.15. The van der Waals surface area contributed by atoms with Gasteiger partial charge in [0.15, 0.2) is 0 Å². The van der Waals surface area contributed by atoms with Crippen molar-refractivity contribution in [2.24, 2.45) is 7.05 Å². The molecule has 2 rings (SSSR count). The largest absolute Gasteiger partial charge is 0.377 e. The highest BCUT2D eigenvalue weighted by atomic mass is 35.5. The van der Waals surface area contributed by atoms with E-state index in [0.29, 0.717) is 6.10 Å². The normalized spacial score (nSPS) is 20.2. The van der Waals surface area contributed by atoms with Crippen LogP contribution in [0.2, 0.25) is 0 Å². The predicted octanol–water partition coefficient (Wildman–Crippen LogP) is 1.11. The smallest absolute Gasteiger partial charge is 0.0700 e. The van der Waals surface area contributed by atoms with Gasteiger partial charge in [-0.15, -0.1) is 12.4 Å². The fourth-order valence-electron chi connectivity index (χ4n) is 1.74. The number of halogens is 1. The van der Waals surface area contributed by atoms with Crippen molar-refractivity contribution in [1.29, 1.82) is 0 Å². The minimum Gasteiger partial charge on any atom is -0.377 e. The predicted molar refractivity (Wildman–Crippen MR) is 61.1 cm³/mol. The zero-order valence-electron chi connectivity index (χ0n) is 8.98. The number of aromatic nitrogens is 2. The summed E-state index contributed by atoms with van der Waals surface area (Å²) in [7, 11) is 1.96. The molecule has 0 bridgehead atoms. The topological polar surface area (TPSA) is 39.1 Å². The highest BCUT2D eigenvalue weighted by Gasteiger charge is 2.14. The Morgan fingerprint density at radius 2 is 2.53 bits per heavy atom. The molecule has 0 aromatic carbocycles. The number of aryl methyl sites for hydroxylation is 1. The fraction of sp³-hybridized carbons (Fsp3) is 0.700. The van der Waals surface area contributed by atoms with E-state index in [1.54, 1.807) is 0 Å². The number of rotatable bonds is 4. The maximum Gasteiger partial charge on any atom is 0.0700 e. The van der Waals surface area contributed by atoms with Gasteiger partial charge in [0.1, 0.15) is 0 Å². The summed E-state index contributed by atoms with van der Waals surface area (Å²) >= 11 is 0. The zero-order valence-corrected chi connectivity index (χ0v) is 9.80. The Hall–Kier alpha value is -0.580. The fourth-order valence-corrected chi connectivity index (χ4v) is 1.74. The highest BCUT2D eigenvalue weighted by molar-refractivity contribution is 5.85. The minimum absolute atomic E-state index is 0. The molecule has 4 nitrogen and oxygen atoms in total. The summed E-state index contributed by atoms with van der Waals surface area (Å²) in [5.41, 5.74) is 1.21. The first kappa shape index (κ1) is 12.5. The molecule has 0 spiro atoms. The SMILES string of the molecule is Cl.Cn1nccc1CNCC1CCCO1. The van der Waals surface area contributed by atoms with Gasteiger partial charge >= 0.3 is 0 Å². The molecule has 1 saturated heterocycles. The lowest BCUT2D eigenvalue weighted by Gasteiger charge is -2.10. The van der Waals surface area contributed by atoms with Crippen molar-refractivity contribution < 1.29 is 4.74 Å². The van der Waals surface area contributed by atoms with Crippen LogP contribution in [0.5, 0.6) is 0 Å². The van der Waals surface area contributed by atoms with Crippen LogP contribution in [0.4, 0.5) is 0 Å². The van der Waals surface area contributed by atoms with Crippen LogP contribution in [0.3, 0.4) is 0 Å². The molecule has 1 aliphatic rings. The van der Waals surface area contributed by atoms with E-state index in [9.17, 15) is 0 Å². The first-order chi connectivity index (χ1) is 6.86. The van der Waals surface area contributed by atoms with Crippen LogP contribution in [0, 0.1) is 0 Å². The summed E-state index contributed by atoms with van der Waals surface area (Å²) < 4.78 is 7.41. The van der Waals surface area contributed by atoms with E-state index in [2.05, 4.69) is 10.4 Å². The highest BCUT2D eigenvalue weighted by Crippen LogP contribution is 2.10. The van der Waals surface area contributed by atoms with E-state index in [-0.39, 0.29) is 12.4 Å². The quantitative estimate of drug-likeness (QED) is 0.844. The molecular weight excluding hydrogens is 214 g/mol. The average Bonchev–Trinajstić information content (AvgIpc) is 2.78. The Bertz CT molecular complexity index is 284. The maximum atomic E-state index is 5.52. The second kappa shape index (κ2) is 6.10. The average molecular weight is 232 g/mol. The molecule has 2 heterocycles. The van der Waals surface area contributed by atoms with Gasteiger partial charge < -0.3 is 10.1 Å². The Morgan fingerprint density at radius 1 is 1.67 bits per heavy atom. The van der Waals surface area contributed by atoms with Gasteiger partial charge in [-0.05, 0) is 18.9 Å². The van der Waals surface area contributed by atoms with E-state index in [0.717, 1.165) is 19.7 Å². The van der Waals surface area contributed by atoms with Crippen molar-refractivity contribution in [2.45, 2.75) is 25.5 Å². The Morgan fingerprint density at radius 3 is 3.13 bits per heavy atom. The number of ether oxygens (including phenoxy) is 1. The lowest BCUT2D eigenvalue weighted by molar-refractivity contribution is 0.110. The molecule has 1 aromatic heterocycles. The van der Waals surface area contributed by atoms with Crippen LogP contribution in [-0.2, 0) is 18.3 Å². The van der Waals surface area contributed by atoms with Crippen molar-refractivity contribution in [1.82, 2.24) is 15.1 Å². The van der Waals surface area contributed by atoms with Gasteiger partial charge in [0.2, 0.25) is 0 Å². The molecule has 0 saturated carbocycles. The van der Waals surface area contributed by atoms with Crippen LogP contribution in [0.15, 0.2) is 12.3 Å². The maximum absolute atomic E-state index is 5.52. The van der Waals surface area contributed by atoms with Crippen molar-refractivity contribution in [2.75, 3.05) is 13.2 Å². The Kier molecular flexibility index (Phi) is 5.08. The van der Waals surface area contributed by atoms with E-state index in [1.165, 1.54) is 18.5 Å². The van der Waals surface area contributed by atoms with Gasteiger partial charge in [-0.3, -0.25) is 4.68 Å². The standard InChI is InChI=1S/C10H17N3O.ClH/c1-13-9(4-5-12-13)7-11-8-10-3-2-6-14-10;/h4-5,10-11H,2-3,6-8H2,1H3;1H. The van der Waals surface area contributed by atoms with Gasteiger partial charge in [-0.25, -0.2) is 0 Å². The summed E-state index contributed by atoms with van der Waals surface area (Å²) in [6, 6.07) is 2.03. The van der Waals surface area contributed by atoms with Crippen molar-refractivity contribution in [3.8, 4) is 0 Å². The van der Waals surface area contributed by atoms with Crippen molar-refractivity contribution in [3.05, 3.63) is 18.0 Å². The summed E-state index contributed by atoms with van der Waals surface area (Å²) in [5, 5.41) is 7.50. The summed E-state index contributed by atoms with van der Waals surface area (Å²) in [6.07, 6.45) is 4.64. The number of nitrogens with one attached hydrogen (secondary N) is 1. The van der Waals surface area contributed by atoms with Crippen LogP contribution < -0.4 is 5.32 Å². The Labute approximate surface area is 96.4 Å². The van der Waals surface area contributed by atoms with Crippen molar-refractivity contribution in [3.63, 3.8) is 0 Å². The third-order valence-corrected chi connectivity index (χ3v) is 2.62. The van der Waals surface area contributed by atoms with Crippen molar-refractivity contribution >= 4 is 12.4 Å². The first-order valence-electron chi connectivity index (χ1n) is 5.15. The monoisotopic (exact) mass is 231 g/mol. The third-order valence-electron chi connectivity index (χ3n) is 2.62. The molecule has 1 atom stereocenters. The van der Waals surface area contributed by atoms with E-state index < -0.39 is 0 Å². The second-order valence-corrected chi connectivity index (χ2v) is 3.71. The second-order valence-electron chi connectivity index (χ2n) is 3.71. The van der Waals surface area contributed by atoms with E-state index in [4.69, 9.17) is 4.74 Å². The van der Waals surface area contributed by atoms with Crippen LogP contribution in [0.25, 0.3) is 0 Å². The molecule has 5 heteroatoms. The molecule has 1 unspecified atom stereocenters. The lowest BCUT2D eigenvalue weighted by Crippen LogP contribution is -2.26. The van der Waals surface area contributed by atoms with Gasteiger partial charge in [0.25, 0.3) is 0 Å². The summed E-state index contributed by atoms with van der Waals surface area (Å²) in [5.74, 6) is 0. The molecule has 1 aliphatic heterocycles. The molecule has 86 valence electrons. The summed E-state index contributed by atoms with van der Waals surface area (Å²) in [6.45, 7) is 2.75. The molecule has 0 radical (unpaired) electrons. The van der Waals surface area contributed by atoms with Gasteiger partial charge in [-0.2, -0.15) is 5.10 Å². The molecule has 1 fully saturated rings. The third kappa shape index (κ3) is 3.48. The van der Waals surface area contributed by atoms with Crippen LogP contribution in [0.1, 0.15) is 18.5 Å². The number of hydrogen-bond donors (Lipinski definition) is 1.